The second kappa shape index (κ2) is 7.09. The number of rotatable bonds is 6. The number of ether oxygens (including phenoxy) is 3. The highest BCUT2D eigenvalue weighted by Gasteiger charge is 2.45. The topological polar surface area (TPSA) is 77.5 Å². The van der Waals surface area contributed by atoms with Crippen LogP contribution in [0.1, 0.15) is 18.7 Å². The van der Waals surface area contributed by atoms with Crippen molar-refractivity contribution in [3.05, 3.63) is 36.2 Å². The lowest BCUT2D eigenvalue weighted by molar-refractivity contribution is 0.00470. The minimum Gasteiger partial charge on any atom is -0.497 e. The lowest BCUT2D eigenvalue weighted by Gasteiger charge is -2.30. The van der Waals surface area contributed by atoms with E-state index in [1.807, 2.05) is 31.2 Å². The van der Waals surface area contributed by atoms with E-state index >= 15 is 0 Å². The molecule has 1 atom stereocenters. The molecule has 2 N–H and O–H groups in total. The van der Waals surface area contributed by atoms with Crippen LogP contribution in [0.25, 0.3) is 0 Å². The fourth-order valence-electron chi connectivity index (χ4n) is 2.99. The van der Waals surface area contributed by atoms with E-state index in [0.717, 1.165) is 24.7 Å². The summed E-state index contributed by atoms with van der Waals surface area (Å²) in [5.74, 6) is 3.37. The fourth-order valence-corrected chi connectivity index (χ4v) is 2.99. The summed E-state index contributed by atoms with van der Waals surface area (Å²) in [6.07, 6.45) is 2.59. The van der Waals surface area contributed by atoms with Crippen molar-refractivity contribution in [2.75, 3.05) is 32.1 Å². The van der Waals surface area contributed by atoms with Gasteiger partial charge in [0.1, 0.15) is 23.1 Å². The van der Waals surface area contributed by atoms with E-state index in [-0.39, 0.29) is 11.6 Å². The molecule has 1 saturated carbocycles. The first-order valence-electron chi connectivity index (χ1n) is 8.92. The van der Waals surface area contributed by atoms with Gasteiger partial charge in [-0.1, -0.05) is 0 Å². The molecule has 0 bridgehead atoms. The molecule has 2 aliphatic rings. The van der Waals surface area contributed by atoms with Gasteiger partial charge < -0.3 is 24.8 Å². The van der Waals surface area contributed by atoms with Gasteiger partial charge >= 0.3 is 0 Å². The Morgan fingerprint density at radius 3 is 2.65 bits per heavy atom. The minimum absolute atomic E-state index is 0.141. The van der Waals surface area contributed by atoms with Crippen LogP contribution in [0.2, 0.25) is 0 Å². The van der Waals surface area contributed by atoms with Gasteiger partial charge in [0.25, 0.3) is 0 Å². The Morgan fingerprint density at radius 2 is 2.00 bits per heavy atom. The van der Waals surface area contributed by atoms with Crippen molar-refractivity contribution in [2.45, 2.75) is 31.4 Å². The van der Waals surface area contributed by atoms with E-state index in [1.165, 1.54) is 12.8 Å². The van der Waals surface area contributed by atoms with Crippen molar-refractivity contribution in [3.8, 4) is 17.4 Å². The molecule has 1 aliphatic heterocycles. The van der Waals surface area contributed by atoms with Gasteiger partial charge in [-0.25, -0.2) is 4.98 Å². The number of nitrogens with one attached hydrogen (secondary N) is 2. The van der Waals surface area contributed by atoms with Gasteiger partial charge in [-0.15, -0.1) is 0 Å². The maximum absolute atomic E-state index is 5.94. The number of hydrogen-bond acceptors (Lipinski definition) is 7. The van der Waals surface area contributed by atoms with Gasteiger partial charge in [0.05, 0.1) is 19.8 Å². The molecule has 7 heteroatoms. The van der Waals surface area contributed by atoms with Crippen LogP contribution in [0.3, 0.4) is 0 Å². The minimum atomic E-state index is 0.141. The smallest absolute Gasteiger partial charge is 0.224 e. The van der Waals surface area contributed by atoms with E-state index in [0.29, 0.717) is 24.0 Å². The molecule has 2 heterocycles. The maximum atomic E-state index is 5.94. The average Bonchev–Trinajstić information content (AvgIpc) is 3.41. The number of morpholine rings is 1. The normalized spacial score (nSPS) is 20.6. The predicted molar refractivity (Wildman–Crippen MR) is 98.0 cm³/mol. The highest BCUT2D eigenvalue weighted by Crippen LogP contribution is 2.37. The van der Waals surface area contributed by atoms with E-state index in [2.05, 4.69) is 20.6 Å². The Hall–Kier alpha value is -2.38. The Kier molecular flexibility index (Phi) is 4.65. The first-order chi connectivity index (χ1) is 12.6. The highest BCUT2D eigenvalue weighted by molar-refractivity contribution is 5.41. The third-order valence-corrected chi connectivity index (χ3v) is 4.76. The van der Waals surface area contributed by atoms with Crippen LogP contribution < -0.4 is 20.1 Å². The number of nitrogens with zero attached hydrogens (tertiary/aromatic N) is 2. The maximum Gasteiger partial charge on any atom is 0.224 e. The van der Waals surface area contributed by atoms with Gasteiger partial charge in [0.2, 0.25) is 5.88 Å². The summed E-state index contributed by atoms with van der Waals surface area (Å²) in [4.78, 5) is 8.78. The van der Waals surface area contributed by atoms with E-state index in [4.69, 9.17) is 14.2 Å². The second-order valence-corrected chi connectivity index (χ2v) is 6.89. The predicted octanol–water partition coefficient (Wildman–Crippen LogP) is 2.52. The Morgan fingerprint density at radius 1 is 1.23 bits per heavy atom. The molecule has 7 nitrogen and oxygen atoms in total. The molecule has 1 aromatic carbocycles. The molecule has 1 saturated heterocycles. The monoisotopic (exact) mass is 356 g/mol. The molecule has 0 amide bonds. The molecular formula is C19H24N4O3. The zero-order valence-corrected chi connectivity index (χ0v) is 15.1. The number of aryl methyl sites for hydroxylation is 1. The molecule has 0 radical (unpaired) electrons. The van der Waals surface area contributed by atoms with Crippen molar-refractivity contribution < 1.29 is 14.2 Å². The molecule has 1 aliphatic carbocycles. The van der Waals surface area contributed by atoms with Crippen LogP contribution in [0, 0.1) is 6.92 Å². The lowest BCUT2D eigenvalue weighted by Crippen LogP contribution is -2.50. The Bertz CT molecular complexity index is 752. The van der Waals surface area contributed by atoms with Crippen LogP contribution in [0.5, 0.6) is 17.4 Å². The second-order valence-electron chi connectivity index (χ2n) is 6.89. The molecular weight excluding hydrogens is 332 g/mol. The molecule has 138 valence electrons. The lowest BCUT2D eigenvalue weighted by atomic mass is 10.2. The molecule has 2 aromatic rings. The molecule has 4 rings (SSSR count). The Balaban J connectivity index is 1.36. The first-order valence-corrected chi connectivity index (χ1v) is 8.92. The number of benzene rings is 1. The van der Waals surface area contributed by atoms with Gasteiger partial charge in [0, 0.05) is 24.7 Å². The van der Waals surface area contributed by atoms with E-state index in [9.17, 15) is 0 Å². The standard InChI is InChI=1S/C19H24N4O3/c1-13-22-17(20-10-16-11-21-19(7-8-19)12-25-16)9-18(23-13)26-15-5-3-14(24-2)4-6-15/h3-6,9,16,21H,7-8,10-12H2,1-2H3,(H,20,22,23). The number of hydrogen-bond donors (Lipinski definition) is 2. The summed E-state index contributed by atoms with van der Waals surface area (Å²) in [7, 11) is 1.64. The van der Waals surface area contributed by atoms with Crippen molar-refractivity contribution in [1.29, 1.82) is 0 Å². The summed E-state index contributed by atoms with van der Waals surface area (Å²) >= 11 is 0. The van der Waals surface area contributed by atoms with Crippen molar-refractivity contribution in [2.24, 2.45) is 0 Å². The van der Waals surface area contributed by atoms with Crippen molar-refractivity contribution in [1.82, 2.24) is 15.3 Å². The van der Waals surface area contributed by atoms with Gasteiger partial charge in [-0.05, 0) is 44.0 Å². The van der Waals surface area contributed by atoms with Crippen molar-refractivity contribution >= 4 is 5.82 Å². The van der Waals surface area contributed by atoms with Crippen LogP contribution in [-0.4, -0.2) is 48.4 Å². The van der Waals surface area contributed by atoms with E-state index < -0.39 is 0 Å². The summed E-state index contributed by atoms with van der Waals surface area (Å²) in [6.45, 7) is 4.21. The molecule has 1 unspecified atom stereocenters. The first kappa shape index (κ1) is 17.1. The van der Waals surface area contributed by atoms with Crippen LogP contribution in [0.4, 0.5) is 5.82 Å². The summed E-state index contributed by atoms with van der Waals surface area (Å²) in [5.41, 5.74) is 0.279. The van der Waals surface area contributed by atoms with Gasteiger partial charge in [-0.3, -0.25) is 0 Å². The van der Waals surface area contributed by atoms with Crippen LogP contribution in [-0.2, 0) is 4.74 Å². The van der Waals surface area contributed by atoms with E-state index in [1.54, 1.807) is 13.2 Å². The highest BCUT2D eigenvalue weighted by atomic mass is 16.5. The zero-order valence-electron chi connectivity index (χ0n) is 15.1. The largest absolute Gasteiger partial charge is 0.497 e. The number of methoxy groups -OCH3 is 1. The zero-order chi connectivity index (χ0) is 18.0. The SMILES string of the molecule is COc1ccc(Oc2cc(NCC3CNC4(CC4)CO3)nc(C)n2)cc1. The average molecular weight is 356 g/mol. The summed E-state index contributed by atoms with van der Waals surface area (Å²) in [6, 6.07) is 9.19. The van der Waals surface area contributed by atoms with Gasteiger partial charge in [0.15, 0.2) is 0 Å². The molecule has 1 spiro atoms. The quantitative estimate of drug-likeness (QED) is 0.823. The van der Waals surface area contributed by atoms with Crippen molar-refractivity contribution in [3.63, 3.8) is 0 Å². The fraction of sp³-hybridized carbons (Fsp3) is 0.474. The van der Waals surface area contributed by atoms with Gasteiger partial charge in [-0.2, -0.15) is 4.98 Å². The summed E-state index contributed by atoms with van der Waals surface area (Å²) in [5, 5.41) is 6.92. The third kappa shape index (κ3) is 4.05. The van der Waals surface area contributed by atoms with Crippen LogP contribution in [0.15, 0.2) is 30.3 Å². The molecule has 1 aromatic heterocycles. The molecule has 2 fully saturated rings. The number of anilines is 1. The Labute approximate surface area is 153 Å². The molecule has 26 heavy (non-hydrogen) atoms. The number of aromatic nitrogens is 2. The summed E-state index contributed by atoms with van der Waals surface area (Å²) < 4.78 is 16.9. The van der Waals surface area contributed by atoms with Crippen LogP contribution >= 0.6 is 0 Å². The third-order valence-electron chi connectivity index (χ3n) is 4.76.